The number of alkyl carbamates (subject to hydrolysis) is 1. The third-order valence-corrected chi connectivity index (χ3v) is 8.90. The lowest BCUT2D eigenvalue weighted by Gasteiger charge is -2.42. The zero-order chi connectivity index (χ0) is 27.8. The van der Waals surface area contributed by atoms with Gasteiger partial charge in [0, 0.05) is 26.4 Å². The third-order valence-electron chi connectivity index (χ3n) is 8.90. The highest BCUT2D eigenvalue weighted by atomic mass is 16.6. The van der Waals surface area contributed by atoms with E-state index in [0.717, 1.165) is 37.3 Å². The SMILES string of the molecule is CO[C@@H]1[C@H](OC(=O)N[C@H](c2ccc(N3CCOCC3)nc2)C(C)C)CC[C@]2(CO2)[C@H]1[C@@]1(C)O[C@@H]1CC=C(C)C. The number of carbonyl (C=O) groups excluding carboxylic acids is 1. The van der Waals surface area contributed by atoms with Gasteiger partial charge in [-0.05, 0) is 57.6 Å². The molecule has 4 fully saturated rings. The Labute approximate surface area is 232 Å². The minimum Gasteiger partial charge on any atom is -0.443 e. The molecule has 39 heavy (non-hydrogen) atoms. The van der Waals surface area contributed by atoms with Crippen LogP contribution in [0.15, 0.2) is 30.0 Å². The van der Waals surface area contributed by atoms with Crippen LogP contribution in [-0.2, 0) is 23.7 Å². The number of methoxy groups -OCH3 is 1. The van der Waals surface area contributed by atoms with Crippen LogP contribution in [0.5, 0.6) is 0 Å². The minimum absolute atomic E-state index is 0.00469. The summed E-state index contributed by atoms with van der Waals surface area (Å²) >= 11 is 0. The second-order valence-corrected chi connectivity index (χ2v) is 12.2. The average molecular weight is 544 g/mol. The predicted molar refractivity (Wildman–Crippen MR) is 148 cm³/mol. The minimum atomic E-state index is -0.438. The van der Waals surface area contributed by atoms with E-state index in [-0.39, 0.29) is 47.4 Å². The number of hydrogen-bond donors (Lipinski definition) is 1. The summed E-state index contributed by atoms with van der Waals surface area (Å²) in [6.07, 6.45) is 5.45. The highest BCUT2D eigenvalue weighted by Crippen LogP contribution is 2.59. The standard InChI is InChI=1S/C30H45N3O6/c1-19(2)7-9-23-29(5,39-23)27-26(35-6)22(11-12-30(27)18-37-30)38-28(34)32-25(20(3)4)21-8-10-24(31-17-21)33-13-15-36-16-14-33/h7-8,10,17,20,22-23,25-27H,9,11-16,18H2,1-6H3,(H,32,34)/t22-,23-,25+,26-,27-,29+,30+/m1/s1. The van der Waals surface area contributed by atoms with Crippen molar-refractivity contribution in [1.82, 2.24) is 10.3 Å². The average Bonchev–Trinajstić information content (AvgIpc) is 3.84. The number of allylic oxidation sites excluding steroid dienone is 1. The molecule has 4 heterocycles. The summed E-state index contributed by atoms with van der Waals surface area (Å²) in [5, 5.41) is 3.11. The zero-order valence-electron chi connectivity index (χ0n) is 24.3. The molecule has 0 bridgehead atoms. The van der Waals surface area contributed by atoms with E-state index in [1.54, 1.807) is 7.11 Å². The van der Waals surface area contributed by atoms with Crippen LogP contribution in [0, 0.1) is 11.8 Å². The Hall–Kier alpha value is -2.20. The van der Waals surface area contributed by atoms with Gasteiger partial charge in [0.25, 0.3) is 0 Å². The first-order chi connectivity index (χ1) is 18.7. The number of nitrogens with zero attached hydrogens (tertiary/aromatic N) is 2. The summed E-state index contributed by atoms with van der Waals surface area (Å²) in [5.41, 5.74) is 1.62. The summed E-state index contributed by atoms with van der Waals surface area (Å²) in [6.45, 7) is 14.3. The Morgan fingerprint density at radius 2 is 2.03 bits per heavy atom. The molecule has 1 aliphatic carbocycles. The number of pyridine rings is 1. The van der Waals surface area contributed by atoms with Gasteiger partial charge in [0.2, 0.25) is 0 Å². The van der Waals surface area contributed by atoms with Gasteiger partial charge in [0.1, 0.15) is 29.2 Å². The lowest BCUT2D eigenvalue weighted by atomic mass is 9.68. The summed E-state index contributed by atoms with van der Waals surface area (Å²) in [5.74, 6) is 1.08. The van der Waals surface area contributed by atoms with Gasteiger partial charge >= 0.3 is 6.09 Å². The van der Waals surface area contributed by atoms with Crippen molar-refractivity contribution in [2.24, 2.45) is 11.8 Å². The van der Waals surface area contributed by atoms with Crippen molar-refractivity contribution >= 4 is 11.9 Å². The van der Waals surface area contributed by atoms with Gasteiger partial charge in [0.05, 0.1) is 37.9 Å². The van der Waals surface area contributed by atoms with E-state index < -0.39 is 6.09 Å². The van der Waals surface area contributed by atoms with Crippen molar-refractivity contribution in [3.63, 3.8) is 0 Å². The van der Waals surface area contributed by atoms with E-state index in [4.69, 9.17) is 23.7 Å². The predicted octanol–water partition coefficient (Wildman–Crippen LogP) is 4.42. The topological polar surface area (TPSA) is 98.0 Å². The quantitative estimate of drug-likeness (QED) is 0.361. The lowest BCUT2D eigenvalue weighted by Crippen LogP contribution is -2.56. The molecular weight excluding hydrogens is 498 g/mol. The van der Waals surface area contributed by atoms with Gasteiger partial charge in [-0.1, -0.05) is 31.6 Å². The van der Waals surface area contributed by atoms with Crippen LogP contribution >= 0.6 is 0 Å². The number of amides is 1. The molecule has 0 unspecified atom stereocenters. The number of nitrogens with one attached hydrogen (secondary N) is 1. The van der Waals surface area contributed by atoms with Crippen LogP contribution < -0.4 is 10.2 Å². The second-order valence-electron chi connectivity index (χ2n) is 12.2. The number of hydrogen-bond acceptors (Lipinski definition) is 8. The fourth-order valence-corrected chi connectivity index (χ4v) is 6.56. The van der Waals surface area contributed by atoms with Crippen molar-refractivity contribution in [2.75, 3.05) is 44.9 Å². The van der Waals surface area contributed by atoms with Gasteiger partial charge in [0.15, 0.2) is 0 Å². The van der Waals surface area contributed by atoms with Crippen molar-refractivity contribution in [1.29, 1.82) is 0 Å². The molecule has 1 aromatic rings. The maximum atomic E-state index is 13.3. The first kappa shape index (κ1) is 28.3. The van der Waals surface area contributed by atoms with Crippen molar-refractivity contribution in [3.8, 4) is 0 Å². The first-order valence-corrected chi connectivity index (χ1v) is 14.4. The number of rotatable bonds is 9. The summed E-state index contributed by atoms with van der Waals surface area (Å²) in [4.78, 5) is 20.2. The molecule has 1 spiro atoms. The fourth-order valence-electron chi connectivity index (χ4n) is 6.56. The number of anilines is 1. The summed E-state index contributed by atoms with van der Waals surface area (Å²) in [6, 6.07) is 3.84. The monoisotopic (exact) mass is 543 g/mol. The van der Waals surface area contributed by atoms with Gasteiger partial charge < -0.3 is 33.9 Å². The van der Waals surface area contributed by atoms with Crippen LogP contribution in [-0.4, -0.2) is 80.6 Å². The molecule has 1 aromatic heterocycles. The van der Waals surface area contributed by atoms with E-state index in [9.17, 15) is 4.79 Å². The molecule has 1 N–H and O–H groups in total. The molecule has 3 aliphatic heterocycles. The maximum absolute atomic E-state index is 13.3. The molecule has 0 aromatic carbocycles. The lowest BCUT2D eigenvalue weighted by molar-refractivity contribution is -0.118. The third kappa shape index (κ3) is 5.97. The molecule has 3 saturated heterocycles. The van der Waals surface area contributed by atoms with Gasteiger partial charge in [-0.3, -0.25) is 0 Å². The number of morpholine rings is 1. The molecule has 9 nitrogen and oxygen atoms in total. The van der Waals surface area contributed by atoms with E-state index in [1.165, 1.54) is 5.57 Å². The Balaban J connectivity index is 1.24. The number of carbonyl (C=O) groups is 1. The maximum Gasteiger partial charge on any atom is 0.407 e. The molecule has 7 atom stereocenters. The largest absolute Gasteiger partial charge is 0.443 e. The highest BCUT2D eigenvalue weighted by molar-refractivity contribution is 5.68. The van der Waals surface area contributed by atoms with Crippen LogP contribution in [0.3, 0.4) is 0 Å². The van der Waals surface area contributed by atoms with Crippen LogP contribution in [0.1, 0.15) is 65.5 Å². The van der Waals surface area contributed by atoms with Gasteiger partial charge in [-0.2, -0.15) is 0 Å². The molecule has 1 saturated carbocycles. The normalized spacial score (nSPS) is 34.5. The molecular formula is C30H45N3O6. The number of ether oxygens (including phenoxy) is 5. The Morgan fingerprint density at radius 3 is 2.62 bits per heavy atom. The molecule has 0 radical (unpaired) electrons. The number of aromatic nitrogens is 1. The Morgan fingerprint density at radius 1 is 1.28 bits per heavy atom. The van der Waals surface area contributed by atoms with Crippen molar-refractivity contribution in [3.05, 3.63) is 35.5 Å². The van der Waals surface area contributed by atoms with Gasteiger partial charge in [-0.15, -0.1) is 0 Å². The van der Waals surface area contributed by atoms with E-state index in [2.05, 4.69) is 55.9 Å². The van der Waals surface area contributed by atoms with Crippen LogP contribution in [0.4, 0.5) is 10.6 Å². The smallest absolute Gasteiger partial charge is 0.407 e. The summed E-state index contributed by atoms with van der Waals surface area (Å²) < 4.78 is 29.9. The highest BCUT2D eigenvalue weighted by Gasteiger charge is 2.72. The van der Waals surface area contributed by atoms with Crippen LogP contribution in [0.25, 0.3) is 0 Å². The molecule has 9 heteroatoms. The fraction of sp³-hybridized carbons (Fsp3) is 0.733. The molecule has 216 valence electrons. The second kappa shape index (κ2) is 11.4. The Bertz CT molecular complexity index is 1030. The molecule has 4 aliphatic rings. The first-order valence-electron chi connectivity index (χ1n) is 14.4. The zero-order valence-corrected chi connectivity index (χ0v) is 24.3. The van der Waals surface area contributed by atoms with Crippen molar-refractivity contribution in [2.45, 2.75) is 89.4 Å². The summed E-state index contributed by atoms with van der Waals surface area (Å²) in [7, 11) is 1.70. The van der Waals surface area contributed by atoms with Gasteiger partial charge in [-0.25, -0.2) is 9.78 Å². The van der Waals surface area contributed by atoms with Crippen LogP contribution in [0.2, 0.25) is 0 Å². The van der Waals surface area contributed by atoms with Crippen molar-refractivity contribution < 1.29 is 28.5 Å². The molecule has 1 amide bonds. The molecule has 5 rings (SSSR count). The Kier molecular flexibility index (Phi) is 8.25. The van der Waals surface area contributed by atoms with E-state index >= 15 is 0 Å². The number of epoxide rings is 2. The van der Waals surface area contributed by atoms with E-state index in [1.807, 2.05) is 18.3 Å². The van der Waals surface area contributed by atoms with E-state index in [0.29, 0.717) is 26.2 Å².